The van der Waals surface area contributed by atoms with Crippen LogP contribution >= 0.6 is 0 Å². The van der Waals surface area contributed by atoms with Gasteiger partial charge in [0.05, 0.1) is 12.1 Å². The van der Waals surface area contributed by atoms with E-state index >= 15 is 0 Å². The minimum absolute atomic E-state index is 0.240. The molecule has 0 spiro atoms. The van der Waals surface area contributed by atoms with Crippen LogP contribution in [0.25, 0.3) is 0 Å². The molecule has 1 aliphatic rings. The number of nitrogens with one attached hydrogen (secondary N) is 2. The summed E-state index contributed by atoms with van der Waals surface area (Å²) in [6, 6.07) is 7.52. The molecule has 6 heteroatoms. The van der Waals surface area contributed by atoms with Gasteiger partial charge in [-0.25, -0.2) is 0 Å². The first-order valence-electron chi connectivity index (χ1n) is 8.01. The van der Waals surface area contributed by atoms with Gasteiger partial charge in [-0.3, -0.25) is 9.59 Å². The Morgan fingerprint density at radius 1 is 1.17 bits per heavy atom. The van der Waals surface area contributed by atoms with Crippen molar-refractivity contribution in [3.63, 3.8) is 0 Å². The van der Waals surface area contributed by atoms with Crippen molar-refractivity contribution in [3.8, 4) is 0 Å². The summed E-state index contributed by atoms with van der Waals surface area (Å²) in [4.78, 5) is 26.1. The summed E-state index contributed by atoms with van der Waals surface area (Å²) in [6.07, 6.45) is 3.61. The highest BCUT2D eigenvalue weighted by Crippen LogP contribution is 2.23. The number of carbonyl (C=O) groups excluding carboxylic acids is 2. The minimum Gasteiger partial charge on any atom is -0.394 e. The summed E-state index contributed by atoms with van der Waals surface area (Å²) in [5.41, 5.74) is 0.818. The second-order valence-electron chi connectivity index (χ2n) is 6.55. The van der Waals surface area contributed by atoms with Crippen molar-refractivity contribution in [2.24, 2.45) is 0 Å². The van der Waals surface area contributed by atoms with Gasteiger partial charge >= 0.3 is 11.8 Å². The monoisotopic (exact) mass is 319 g/mol. The van der Waals surface area contributed by atoms with Gasteiger partial charge in [0.2, 0.25) is 0 Å². The van der Waals surface area contributed by atoms with E-state index in [2.05, 4.69) is 15.5 Å². The number of rotatable bonds is 4. The van der Waals surface area contributed by atoms with E-state index in [0.29, 0.717) is 5.69 Å². The number of hydrogen-bond acceptors (Lipinski definition) is 4. The molecule has 0 radical (unpaired) electrons. The summed E-state index contributed by atoms with van der Waals surface area (Å²) in [5, 5.41) is 14.2. The van der Waals surface area contributed by atoms with Crippen LogP contribution in [-0.4, -0.2) is 42.2 Å². The van der Waals surface area contributed by atoms with Crippen LogP contribution in [0.3, 0.4) is 0 Å². The molecule has 1 aromatic carbocycles. The van der Waals surface area contributed by atoms with Gasteiger partial charge < -0.3 is 20.6 Å². The van der Waals surface area contributed by atoms with E-state index in [1.54, 1.807) is 19.9 Å². The molecule has 3 N–H and O–H groups in total. The molecule has 2 rings (SSSR count). The average Bonchev–Trinajstić information content (AvgIpc) is 2.55. The Labute approximate surface area is 136 Å². The molecule has 6 nitrogen and oxygen atoms in total. The van der Waals surface area contributed by atoms with Crippen LogP contribution in [-0.2, 0) is 9.59 Å². The number of nitrogens with zero attached hydrogens (tertiary/aromatic N) is 1. The number of benzene rings is 1. The summed E-state index contributed by atoms with van der Waals surface area (Å²) in [7, 11) is 0. The van der Waals surface area contributed by atoms with Crippen LogP contribution in [0.5, 0.6) is 0 Å². The normalized spacial score (nSPS) is 15.2. The zero-order chi connectivity index (χ0) is 16.9. The molecule has 0 aliphatic carbocycles. The lowest BCUT2D eigenvalue weighted by Crippen LogP contribution is -2.50. The minimum atomic E-state index is -0.829. The highest BCUT2D eigenvalue weighted by atomic mass is 16.3. The van der Waals surface area contributed by atoms with Crippen molar-refractivity contribution in [2.45, 2.75) is 38.6 Å². The van der Waals surface area contributed by atoms with Gasteiger partial charge in [-0.1, -0.05) is 6.07 Å². The third-order valence-electron chi connectivity index (χ3n) is 3.88. The van der Waals surface area contributed by atoms with Crippen molar-refractivity contribution < 1.29 is 14.7 Å². The highest BCUT2D eigenvalue weighted by molar-refractivity contribution is 6.39. The van der Waals surface area contributed by atoms with Crippen molar-refractivity contribution >= 4 is 23.2 Å². The molecule has 0 unspecified atom stereocenters. The number of anilines is 2. The molecule has 2 amide bonds. The second-order valence-corrected chi connectivity index (χ2v) is 6.55. The average molecular weight is 319 g/mol. The molecule has 0 saturated carbocycles. The third-order valence-corrected chi connectivity index (χ3v) is 3.88. The van der Waals surface area contributed by atoms with Gasteiger partial charge in [0.25, 0.3) is 0 Å². The van der Waals surface area contributed by atoms with Crippen LogP contribution in [0.2, 0.25) is 0 Å². The van der Waals surface area contributed by atoms with Gasteiger partial charge in [-0.15, -0.1) is 0 Å². The first-order valence-corrected chi connectivity index (χ1v) is 8.01. The molecule has 1 aliphatic heterocycles. The Bertz CT molecular complexity index is 566. The zero-order valence-electron chi connectivity index (χ0n) is 13.8. The van der Waals surface area contributed by atoms with Crippen molar-refractivity contribution in [1.29, 1.82) is 0 Å². The van der Waals surface area contributed by atoms with Crippen molar-refractivity contribution in [3.05, 3.63) is 24.3 Å². The Morgan fingerprint density at radius 3 is 2.52 bits per heavy atom. The summed E-state index contributed by atoms with van der Waals surface area (Å²) < 4.78 is 0. The fourth-order valence-electron chi connectivity index (χ4n) is 2.52. The smallest absolute Gasteiger partial charge is 0.313 e. The van der Waals surface area contributed by atoms with Crippen molar-refractivity contribution in [1.82, 2.24) is 5.32 Å². The maximum Gasteiger partial charge on any atom is 0.313 e. The molecular weight excluding hydrogens is 294 g/mol. The van der Waals surface area contributed by atoms with E-state index in [4.69, 9.17) is 5.11 Å². The molecule has 126 valence electrons. The number of amides is 2. The zero-order valence-corrected chi connectivity index (χ0v) is 13.8. The molecule has 1 aromatic rings. The Balaban J connectivity index is 1.99. The summed E-state index contributed by atoms with van der Waals surface area (Å²) in [6.45, 7) is 5.09. The third kappa shape index (κ3) is 4.96. The molecule has 1 saturated heterocycles. The van der Waals surface area contributed by atoms with E-state index < -0.39 is 17.4 Å². The lowest BCUT2D eigenvalue weighted by atomic mass is 10.1. The standard InChI is InChI=1S/C17H25N3O3/c1-17(2,12-21)19-16(23)15(22)18-13-7-6-8-14(11-13)20-9-4-3-5-10-20/h6-8,11,21H,3-5,9-10,12H2,1-2H3,(H,18,22)(H,19,23). The predicted molar refractivity (Wildman–Crippen MR) is 90.4 cm³/mol. The first-order chi connectivity index (χ1) is 10.9. The number of aliphatic hydroxyl groups excluding tert-OH is 1. The Hall–Kier alpha value is -2.08. The van der Waals surface area contributed by atoms with Crippen LogP contribution in [0.1, 0.15) is 33.1 Å². The fraction of sp³-hybridized carbons (Fsp3) is 0.529. The van der Waals surface area contributed by atoms with Gasteiger partial charge in [0.1, 0.15) is 0 Å². The van der Waals surface area contributed by atoms with Crippen LogP contribution in [0.4, 0.5) is 11.4 Å². The molecule has 0 bridgehead atoms. The van der Waals surface area contributed by atoms with E-state index in [-0.39, 0.29) is 6.61 Å². The number of hydrogen-bond donors (Lipinski definition) is 3. The second kappa shape index (κ2) is 7.46. The lowest BCUT2D eigenvalue weighted by Gasteiger charge is -2.29. The van der Waals surface area contributed by atoms with Gasteiger partial charge in [-0.2, -0.15) is 0 Å². The summed E-state index contributed by atoms with van der Waals surface area (Å²) >= 11 is 0. The van der Waals surface area contributed by atoms with Gasteiger partial charge in [-0.05, 0) is 51.3 Å². The van der Waals surface area contributed by atoms with E-state index in [9.17, 15) is 9.59 Å². The quantitative estimate of drug-likeness (QED) is 0.735. The molecule has 0 aromatic heterocycles. The maximum absolute atomic E-state index is 12.0. The van der Waals surface area contributed by atoms with E-state index in [1.165, 1.54) is 19.3 Å². The maximum atomic E-state index is 12.0. The van der Waals surface area contributed by atoms with Crippen molar-refractivity contribution in [2.75, 3.05) is 29.9 Å². The van der Waals surface area contributed by atoms with Crippen LogP contribution in [0.15, 0.2) is 24.3 Å². The van der Waals surface area contributed by atoms with Crippen LogP contribution < -0.4 is 15.5 Å². The predicted octanol–water partition coefficient (Wildman–Crippen LogP) is 1.50. The molecule has 1 fully saturated rings. The molecule has 23 heavy (non-hydrogen) atoms. The number of carbonyl (C=O) groups is 2. The number of aliphatic hydroxyl groups is 1. The largest absolute Gasteiger partial charge is 0.394 e. The van der Waals surface area contributed by atoms with E-state index in [0.717, 1.165) is 18.8 Å². The van der Waals surface area contributed by atoms with E-state index in [1.807, 2.05) is 18.2 Å². The Morgan fingerprint density at radius 2 is 1.87 bits per heavy atom. The SMILES string of the molecule is CC(C)(CO)NC(=O)C(=O)Nc1cccc(N2CCCCC2)c1. The fourth-order valence-corrected chi connectivity index (χ4v) is 2.52. The summed E-state index contributed by atoms with van der Waals surface area (Å²) in [5.74, 6) is -1.49. The highest BCUT2D eigenvalue weighted by Gasteiger charge is 2.23. The lowest BCUT2D eigenvalue weighted by molar-refractivity contribution is -0.137. The molecule has 1 heterocycles. The van der Waals surface area contributed by atoms with Gasteiger partial charge in [0, 0.05) is 24.5 Å². The van der Waals surface area contributed by atoms with Gasteiger partial charge in [0.15, 0.2) is 0 Å². The topological polar surface area (TPSA) is 81.7 Å². The molecular formula is C17H25N3O3. The van der Waals surface area contributed by atoms with Crippen LogP contribution in [0, 0.1) is 0 Å². The molecule has 0 atom stereocenters. The number of piperidine rings is 1. The Kier molecular flexibility index (Phi) is 5.60. The first kappa shape index (κ1) is 17.3.